The van der Waals surface area contributed by atoms with Crippen LogP contribution in [0.2, 0.25) is 5.02 Å². The van der Waals surface area contributed by atoms with Crippen LogP contribution < -0.4 is 10.2 Å². The molecule has 0 radical (unpaired) electrons. The van der Waals surface area contributed by atoms with Gasteiger partial charge in [0.2, 0.25) is 0 Å². The van der Waals surface area contributed by atoms with E-state index in [1.165, 1.54) is 11.3 Å². The molecule has 3 rings (SSSR count). The molecule has 3 aromatic rings. The highest BCUT2D eigenvalue weighted by atomic mass is 35.5. The maximum absolute atomic E-state index is 12.6. The highest BCUT2D eigenvalue weighted by Gasteiger charge is 2.14. The molecule has 0 saturated heterocycles. The van der Waals surface area contributed by atoms with E-state index in [1.807, 2.05) is 12.1 Å². The van der Waals surface area contributed by atoms with Gasteiger partial charge in [0.1, 0.15) is 5.75 Å². The van der Waals surface area contributed by atoms with Crippen LogP contribution >= 0.6 is 22.9 Å². The van der Waals surface area contributed by atoms with Crippen molar-refractivity contribution in [1.82, 2.24) is 0 Å². The smallest absolute Gasteiger partial charge is 0.335 e. The molecule has 1 heterocycles. The summed E-state index contributed by atoms with van der Waals surface area (Å²) < 4.78 is 6.56. The van der Waals surface area contributed by atoms with E-state index in [2.05, 4.69) is 6.58 Å². The van der Waals surface area contributed by atoms with Gasteiger partial charge in [-0.05, 0) is 24.3 Å². The minimum atomic E-state index is -0.577. The Morgan fingerprint density at radius 2 is 2.00 bits per heavy atom. The second-order valence-corrected chi connectivity index (χ2v) is 5.76. The standard InChI is InChI=1S/C16H9ClO3S/c1-2-13(18)20-11-8-7-10(17)14-15(19)9-5-3-4-6-12(9)21-16(11)14/h2-8H,1H2. The third-order valence-corrected chi connectivity index (χ3v) is 4.52. The van der Waals surface area contributed by atoms with Crippen molar-refractivity contribution >= 4 is 49.1 Å². The molecule has 1 aromatic heterocycles. The molecule has 21 heavy (non-hydrogen) atoms. The molecular weight excluding hydrogens is 308 g/mol. The normalized spacial score (nSPS) is 10.7. The minimum Gasteiger partial charge on any atom is -0.422 e. The summed E-state index contributed by atoms with van der Waals surface area (Å²) in [4.78, 5) is 24.0. The molecule has 0 aliphatic heterocycles. The summed E-state index contributed by atoms with van der Waals surface area (Å²) in [6.45, 7) is 3.36. The van der Waals surface area contributed by atoms with E-state index < -0.39 is 5.97 Å². The van der Waals surface area contributed by atoms with Crippen molar-refractivity contribution in [2.75, 3.05) is 0 Å². The fourth-order valence-corrected chi connectivity index (χ4v) is 3.52. The van der Waals surface area contributed by atoms with Crippen LogP contribution in [0.3, 0.4) is 0 Å². The Morgan fingerprint density at radius 3 is 2.76 bits per heavy atom. The number of carbonyl (C=O) groups is 1. The number of hydrogen-bond acceptors (Lipinski definition) is 4. The zero-order chi connectivity index (χ0) is 15.0. The van der Waals surface area contributed by atoms with E-state index in [1.54, 1.807) is 24.3 Å². The van der Waals surface area contributed by atoms with E-state index >= 15 is 0 Å². The summed E-state index contributed by atoms with van der Waals surface area (Å²) >= 11 is 7.51. The van der Waals surface area contributed by atoms with Crippen molar-refractivity contribution in [2.45, 2.75) is 0 Å². The number of rotatable bonds is 2. The summed E-state index contributed by atoms with van der Waals surface area (Å²) in [5.41, 5.74) is -0.166. The molecule has 0 unspecified atom stereocenters. The Hall–Kier alpha value is -2.17. The number of esters is 1. The molecule has 0 amide bonds. The lowest BCUT2D eigenvalue weighted by atomic mass is 10.2. The van der Waals surface area contributed by atoms with Crippen LogP contribution in [0.1, 0.15) is 0 Å². The monoisotopic (exact) mass is 316 g/mol. The second-order valence-electron chi connectivity index (χ2n) is 4.30. The van der Waals surface area contributed by atoms with Crippen molar-refractivity contribution < 1.29 is 9.53 Å². The first-order chi connectivity index (χ1) is 10.1. The van der Waals surface area contributed by atoms with Gasteiger partial charge in [0, 0.05) is 16.2 Å². The zero-order valence-corrected chi connectivity index (χ0v) is 12.3. The van der Waals surface area contributed by atoms with Crippen molar-refractivity contribution in [3.63, 3.8) is 0 Å². The first-order valence-corrected chi connectivity index (χ1v) is 7.29. The highest BCUT2D eigenvalue weighted by molar-refractivity contribution is 7.25. The van der Waals surface area contributed by atoms with E-state index in [9.17, 15) is 9.59 Å². The average Bonchev–Trinajstić information content (AvgIpc) is 2.50. The number of benzene rings is 2. The molecule has 0 aliphatic carbocycles. The van der Waals surface area contributed by atoms with Crippen molar-refractivity contribution in [3.05, 3.63) is 64.3 Å². The lowest BCUT2D eigenvalue weighted by molar-refractivity contribution is -0.128. The van der Waals surface area contributed by atoms with Crippen molar-refractivity contribution in [1.29, 1.82) is 0 Å². The molecule has 0 saturated carbocycles. The Labute approximate surface area is 129 Å². The first-order valence-electron chi connectivity index (χ1n) is 6.10. The number of ether oxygens (including phenoxy) is 1. The summed E-state index contributed by atoms with van der Waals surface area (Å²) in [7, 11) is 0. The maximum Gasteiger partial charge on any atom is 0.335 e. The predicted molar refractivity (Wildman–Crippen MR) is 86.4 cm³/mol. The molecule has 0 N–H and O–H groups in total. The Balaban J connectivity index is 2.43. The number of hydrogen-bond donors (Lipinski definition) is 0. The SMILES string of the molecule is C=CC(=O)Oc1ccc(Cl)c2c(=O)c3ccccc3sc12. The van der Waals surface area contributed by atoms with E-state index in [0.29, 0.717) is 26.2 Å². The fraction of sp³-hybridized carbons (Fsp3) is 0. The van der Waals surface area contributed by atoms with Crippen LogP contribution in [-0.4, -0.2) is 5.97 Å². The fourth-order valence-electron chi connectivity index (χ4n) is 2.07. The first kappa shape index (κ1) is 13.8. The summed E-state index contributed by atoms with van der Waals surface area (Å²) in [6.07, 6.45) is 1.07. The summed E-state index contributed by atoms with van der Waals surface area (Å²) in [5, 5.41) is 1.31. The molecular formula is C16H9ClO3S. The molecule has 0 atom stereocenters. The van der Waals surface area contributed by atoms with Gasteiger partial charge < -0.3 is 4.74 Å². The third kappa shape index (κ3) is 2.33. The maximum atomic E-state index is 12.6. The van der Waals surface area contributed by atoms with Crippen LogP contribution in [0.5, 0.6) is 5.75 Å². The predicted octanol–water partition coefficient (Wildman–Crippen LogP) is 4.16. The molecule has 0 fully saturated rings. The van der Waals surface area contributed by atoms with Gasteiger partial charge in [0.05, 0.1) is 15.1 Å². The van der Waals surface area contributed by atoms with Crippen LogP contribution in [0.15, 0.2) is 53.8 Å². The van der Waals surface area contributed by atoms with Crippen molar-refractivity contribution in [3.8, 4) is 5.75 Å². The Kier molecular flexibility index (Phi) is 3.49. The molecule has 3 nitrogen and oxygen atoms in total. The zero-order valence-electron chi connectivity index (χ0n) is 10.8. The van der Waals surface area contributed by atoms with Gasteiger partial charge in [0.25, 0.3) is 0 Å². The van der Waals surface area contributed by atoms with Gasteiger partial charge in [-0.2, -0.15) is 0 Å². The summed E-state index contributed by atoms with van der Waals surface area (Å²) in [5.74, 6) is -0.265. The molecule has 0 aliphatic rings. The van der Waals surface area contributed by atoms with E-state index in [0.717, 1.165) is 10.8 Å². The molecule has 0 bridgehead atoms. The third-order valence-electron chi connectivity index (χ3n) is 3.02. The van der Waals surface area contributed by atoms with Gasteiger partial charge in [-0.15, -0.1) is 11.3 Å². The Bertz CT molecular complexity index is 943. The van der Waals surface area contributed by atoms with Crippen LogP contribution in [0, 0.1) is 0 Å². The largest absolute Gasteiger partial charge is 0.422 e. The van der Waals surface area contributed by atoms with Gasteiger partial charge in [-0.25, -0.2) is 4.79 Å². The lowest BCUT2D eigenvalue weighted by Crippen LogP contribution is -2.06. The molecule has 104 valence electrons. The van der Waals surface area contributed by atoms with Gasteiger partial charge in [-0.3, -0.25) is 4.79 Å². The van der Waals surface area contributed by atoms with E-state index in [-0.39, 0.29) is 5.43 Å². The van der Waals surface area contributed by atoms with Gasteiger partial charge >= 0.3 is 5.97 Å². The van der Waals surface area contributed by atoms with Gasteiger partial charge in [-0.1, -0.05) is 30.3 Å². The van der Waals surface area contributed by atoms with Crippen LogP contribution in [-0.2, 0) is 4.79 Å². The lowest BCUT2D eigenvalue weighted by Gasteiger charge is -2.08. The molecule has 0 spiro atoms. The Morgan fingerprint density at radius 1 is 1.24 bits per heavy atom. The van der Waals surface area contributed by atoms with Crippen molar-refractivity contribution in [2.24, 2.45) is 0 Å². The topological polar surface area (TPSA) is 43.4 Å². The number of halogens is 1. The highest BCUT2D eigenvalue weighted by Crippen LogP contribution is 2.35. The molecule has 5 heteroatoms. The second kappa shape index (κ2) is 5.31. The summed E-state index contributed by atoms with van der Waals surface area (Å²) in [6, 6.07) is 10.4. The van der Waals surface area contributed by atoms with E-state index in [4.69, 9.17) is 16.3 Å². The number of carbonyl (C=O) groups excluding carboxylic acids is 1. The quantitative estimate of drug-likeness (QED) is 0.308. The molecule has 2 aromatic carbocycles. The average molecular weight is 317 g/mol. The van der Waals surface area contributed by atoms with Crippen LogP contribution in [0.4, 0.5) is 0 Å². The van der Waals surface area contributed by atoms with Crippen LogP contribution in [0.25, 0.3) is 20.2 Å². The van der Waals surface area contributed by atoms with Gasteiger partial charge in [0.15, 0.2) is 5.43 Å². The number of fused-ring (bicyclic) bond motifs is 2. The minimum absolute atomic E-state index is 0.166.